The van der Waals surface area contributed by atoms with Gasteiger partial charge in [0.25, 0.3) is 0 Å². The molecular weight excluding hydrogens is 326 g/mol. The Hall–Kier alpha value is -2.46. The van der Waals surface area contributed by atoms with E-state index in [0.717, 1.165) is 25.9 Å². The lowest BCUT2D eigenvalue weighted by atomic mass is 9.83. The minimum atomic E-state index is -0.547. The van der Waals surface area contributed by atoms with Gasteiger partial charge in [-0.2, -0.15) is 0 Å². The van der Waals surface area contributed by atoms with Gasteiger partial charge in [0.2, 0.25) is 0 Å². The van der Waals surface area contributed by atoms with Gasteiger partial charge in [-0.05, 0) is 19.9 Å². The molecule has 4 heteroatoms. The molecule has 3 rings (SSSR count). The Morgan fingerprint density at radius 1 is 0.923 bits per heavy atom. The van der Waals surface area contributed by atoms with E-state index in [2.05, 4.69) is 5.32 Å². The van der Waals surface area contributed by atoms with Crippen molar-refractivity contribution in [2.75, 3.05) is 13.1 Å². The van der Waals surface area contributed by atoms with Crippen LogP contribution in [-0.2, 0) is 4.74 Å². The summed E-state index contributed by atoms with van der Waals surface area (Å²) in [5.74, 6) is -0.249. The molecular formula is C22H26NO3+. The molecule has 0 unspecified atom stereocenters. The van der Waals surface area contributed by atoms with Crippen molar-refractivity contribution in [2.24, 2.45) is 5.92 Å². The second-order valence-corrected chi connectivity index (χ2v) is 7.37. The van der Waals surface area contributed by atoms with Crippen LogP contribution in [0.4, 0.5) is 0 Å². The molecule has 0 aliphatic carbocycles. The van der Waals surface area contributed by atoms with Gasteiger partial charge in [-0.15, -0.1) is 0 Å². The average molecular weight is 352 g/mol. The number of ether oxygens (including phenoxy) is 1. The predicted octanol–water partition coefficient (Wildman–Crippen LogP) is 2.83. The molecule has 0 atom stereocenters. The number of hydrogen-bond donors (Lipinski definition) is 1. The lowest BCUT2D eigenvalue weighted by molar-refractivity contribution is -0.665. The maximum atomic E-state index is 12.9. The van der Waals surface area contributed by atoms with Gasteiger partial charge in [-0.25, -0.2) is 4.79 Å². The normalized spacial score (nSPS) is 15.5. The number of rotatable bonds is 5. The van der Waals surface area contributed by atoms with E-state index in [-0.39, 0.29) is 5.78 Å². The summed E-state index contributed by atoms with van der Waals surface area (Å²) < 4.78 is 5.89. The molecule has 2 N–H and O–H groups in total. The van der Waals surface area contributed by atoms with Gasteiger partial charge in [0, 0.05) is 29.9 Å². The standard InChI is InChI=1S/C22H25NO3/c1-22(2,17-12-14-23-15-13-17)26-21(25)19-11-7-6-10-18(19)20(24)16-8-4-3-5-9-16/h3-11,17,23H,12-15H2,1-2H3/p+1. The van der Waals surface area contributed by atoms with Gasteiger partial charge >= 0.3 is 5.97 Å². The Kier molecular flexibility index (Phi) is 5.52. The van der Waals surface area contributed by atoms with Crippen LogP contribution < -0.4 is 5.32 Å². The molecule has 0 aromatic heterocycles. The summed E-state index contributed by atoms with van der Waals surface area (Å²) in [4.78, 5) is 25.7. The second kappa shape index (κ2) is 7.83. The highest BCUT2D eigenvalue weighted by molar-refractivity contribution is 6.14. The molecule has 1 saturated heterocycles. The van der Waals surface area contributed by atoms with Crippen LogP contribution >= 0.6 is 0 Å². The number of carbonyl (C=O) groups excluding carboxylic acids is 2. The van der Waals surface area contributed by atoms with Crippen molar-refractivity contribution < 1.29 is 19.6 Å². The van der Waals surface area contributed by atoms with E-state index in [9.17, 15) is 9.59 Å². The van der Waals surface area contributed by atoms with Crippen LogP contribution in [0.5, 0.6) is 0 Å². The third-order valence-corrected chi connectivity index (χ3v) is 5.20. The largest absolute Gasteiger partial charge is 0.456 e. The maximum absolute atomic E-state index is 12.9. The van der Waals surface area contributed by atoms with E-state index in [1.807, 2.05) is 32.0 Å². The number of carbonyl (C=O) groups is 2. The molecule has 136 valence electrons. The number of piperidine rings is 1. The van der Waals surface area contributed by atoms with Crippen LogP contribution in [-0.4, -0.2) is 30.4 Å². The third kappa shape index (κ3) is 4.02. The predicted molar refractivity (Wildman–Crippen MR) is 100 cm³/mol. The summed E-state index contributed by atoms with van der Waals surface area (Å²) >= 11 is 0. The van der Waals surface area contributed by atoms with E-state index in [1.165, 1.54) is 0 Å². The van der Waals surface area contributed by atoms with E-state index in [4.69, 9.17) is 4.74 Å². The van der Waals surface area contributed by atoms with E-state index in [1.54, 1.807) is 36.4 Å². The van der Waals surface area contributed by atoms with Crippen LogP contribution in [0.2, 0.25) is 0 Å². The molecule has 2 aromatic rings. The highest BCUT2D eigenvalue weighted by atomic mass is 16.6. The van der Waals surface area contributed by atoms with E-state index in [0.29, 0.717) is 22.6 Å². The highest BCUT2D eigenvalue weighted by Crippen LogP contribution is 2.29. The lowest BCUT2D eigenvalue weighted by Gasteiger charge is -2.35. The molecule has 0 saturated carbocycles. The van der Waals surface area contributed by atoms with Crippen molar-refractivity contribution in [3.8, 4) is 0 Å². The Bertz CT molecular complexity index is 777. The smallest absolute Gasteiger partial charge is 0.339 e. The van der Waals surface area contributed by atoms with Gasteiger partial charge in [-0.1, -0.05) is 48.5 Å². The zero-order valence-electron chi connectivity index (χ0n) is 15.4. The number of esters is 1. The Morgan fingerprint density at radius 2 is 1.50 bits per heavy atom. The quantitative estimate of drug-likeness (QED) is 0.665. The summed E-state index contributed by atoms with van der Waals surface area (Å²) in [5.41, 5.74) is 0.733. The number of quaternary nitrogens is 1. The average Bonchev–Trinajstić information content (AvgIpc) is 2.68. The molecule has 1 heterocycles. The van der Waals surface area contributed by atoms with Gasteiger partial charge < -0.3 is 10.1 Å². The van der Waals surface area contributed by atoms with Crippen LogP contribution in [0, 0.1) is 5.92 Å². The third-order valence-electron chi connectivity index (χ3n) is 5.20. The Morgan fingerprint density at radius 3 is 2.15 bits per heavy atom. The first-order chi connectivity index (χ1) is 12.5. The van der Waals surface area contributed by atoms with Crippen molar-refractivity contribution >= 4 is 11.8 Å². The fraction of sp³-hybridized carbons (Fsp3) is 0.364. The number of ketones is 1. The first-order valence-electron chi connectivity index (χ1n) is 9.23. The fourth-order valence-corrected chi connectivity index (χ4v) is 3.60. The topological polar surface area (TPSA) is 60.0 Å². The highest BCUT2D eigenvalue weighted by Gasteiger charge is 2.36. The number of benzene rings is 2. The molecule has 2 aromatic carbocycles. The van der Waals surface area contributed by atoms with E-state index >= 15 is 0 Å². The van der Waals surface area contributed by atoms with Gasteiger partial charge in [-0.3, -0.25) is 4.79 Å². The first-order valence-corrected chi connectivity index (χ1v) is 9.23. The molecule has 26 heavy (non-hydrogen) atoms. The van der Waals surface area contributed by atoms with Gasteiger partial charge in [0.15, 0.2) is 5.78 Å². The van der Waals surface area contributed by atoms with Gasteiger partial charge in [0.1, 0.15) is 5.60 Å². The minimum Gasteiger partial charge on any atom is -0.456 e. The molecule has 1 fully saturated rings. The zero-order chi connectivity index (χ0) is 18.6. The second-order valence-electron chi connectivity index (χ2n) is 7.37. The lowest BCUT2D eigenvalue weighted by Crippen LogP contribution is -2.86. The maximum Gasteiger partial charge on any atom is 0.339 e. The summed E-state index contributed by atoms with van der Waals surface area (Å²) in [6, 6.07) is 15.9. The van der Waals surface area contributed by atoms with Crippen molar-refractivity contribution in [3.05, 3.63) is 71.3 Å². The van der Waals surface area contributed by atoms with Crippen LogP contribution in [0.15, 0.2) is 54.6 Å². The van der Waals surface area contributed by atoms with Crippen molar-refractivity contribution in [1.82, 2.24) is 0 Å². The molecule has 0 spiro atoms. The molecule has 0 bridgehead atoms. The van der Waals surface area contributed by atoms with Crippen molar-refractivity contribution in [3.63, 3.8) is 0 Å². The van der Waals surface area contributed by atoms with Crippen molar-refractivity contribution in [1.29, 1.82) is 0 Å². The monoisotopic (exact) mass is 352 g/mol. The molecule has 1 aliphatic rings. The Balaban J connectivity index is 1.83. The van der Waals surface area contributed by atoms with Crippen LogP contribution in [0.3, 0.4) is 0 Å². The Labute approximate surface area is 154 Å². The molecule has 0 amide bonds. The SMILES string of the molecule is CC(C)(OC(=O)c1ccccc1C(=O)c1ccccc1)C1CC[NH2+]CC1. The van der Waals surface area contributed by atoms with Gasteiger partial charge in [0.05, 0.1) is 18.7 Å². The molecule has 4 nitrogen and oxygen atoms in total. The summed E-state index contributed by atoms with van der Waals surface area (Å²) in [6.45, 7) is 6.08. The van der Waals surface area contributed by atoms with Crippen molar-refractivity contribution in [2.45, 2.75) is 32.3 Å². The van der Waals surface area contributed by atoms with E-state index < -0.39 is 11.6 Å². The molecule has 1 aliphatic heterocycles. The zero-order valence-corrected chi connectivity index (χ0v) is 15.4. The summed E-state index contributed by atoms with van der Waals surface area (Å²) in [6.07, 6.45) is 2.07. The minimum absolute atomic E-state index is 0.164. The number of hydrogen-bond acceptors (Lipinski definition) is 3. The van der Waals surface area contributed by atoms with Crippen LogP contribution in [0.25, 0.3) is 0 Å². The first kappa shape index (κ1) is 18.3. The number of nitrogens with two attached hydrogens (primary N) is 1. The fourth-order valence-electron chi connectivity index (χ4n) is 3.60. The van der Waals surface area contributed by atoms with Crippen LogP contribution in [0.1, 0.15) is 53.0 Å². The summed E-state index contributed by atoms with van der Waals surface area (Å²) in [5, 5.41) is 2.29. The summed E-state index contributed by atoms with van der Waals surface area (Å²) in [7, 11) is 0. The molecule has 0 radical (unpaired) electrons.